The van der Waals surface area contributed by atoms with Gasteiger partial charge in [-0.15, -0.1) is 0 Å². The number of amides is 1. The number of guanidine groups is 1. The number of rotatable bonds is 9. The number of pyridine rings is 1. The number of aliphatic imine (C=N–C) groups is 1. The fourth-order valence-electron chi connectivity index (χ4n) is 3.12. The largest absolute Gasteiger partial charge is 0.493 e. The van der Waals surface area contributed by atoms with E-state index in [1.54, 1.807) is 0 Å². The first kappa shape index (κ1) is 20.3. The maximum atomic E-state index is 10.7. The molecular formula is C23H26N4O2. The molecule has 1 aromatic heterocycles. The van der Waals surface area contributed by atoms with Crippen molar-refractivity contribution in [3.05, 3.63) is 54.6 Å². The molecule has 0 atom stereocenters. The third kappa shape index (κ3) is 5.31. The van der Waals surface area contributed by atoms with Gasteiger partial charge in [-0.2, -0.15) is 0 Å². The van der Waals surface area contributed by atoms with E-state index in [0.29, 0.717) is 18.7 Å². The van der Waals surface area contributed by atoms with Crippen LogP contribution in [0.25, 0.3) is 22.2 Å². The summed E-state index contributed by atoms with van der Waals surface area (Å²) in [6.07, 6.45) is 5.11. The average Bonchev–Trinajstić information content (AvgIpc) is 2.74. The van der Waals surface area contributed by atoms with Gasteiger partial charge in [0.1, 0.15) is 5.75 Å². The maximum Gasteiger partial charge on any atom is 0.213 e. The van der Waals surface area contributed by atoms with E-state index in [2.05, 4.69) is 17.2 Å². The molecule has 0 saturated heterocycles. The Hall–Kier alpha value is -3.41. The zero-order valence-electron chi connectivity index (χ0n) is 16.6. The van der Waals surface area contributed by atoms with Crippen molar-refractivity contribution < 1.29 is 9.53 Å². The normalized spacial score (nSPS) is 11.4. The lowest BCUT2D eigenvalue weighted by molar-refractivity contribution is -0.108. The Morgan fingerprint density at radius 1 is 1.14 bits per heavy atom. The van der Waals surface area contributed by atoms with E-state index in [1.807, 2.05) is 54.6 Å². The van der Waals surface area contributed by atoms with Gasteiger partial charge < -0.3 is 10.5 Å². The lowest BCUT2D eigenvalue weighted by atomic mass is 10.1. The van der Waals surface area contributed by atoms with Crippen molar-refractivity contribution in [3.63, 3.8) is 0 Å². The average molecular weight is 390 g/mol. The molecule has 6 nitrogen and oxygen atoms in total. The second kappa shape index (κ2) is 10.2. The van der Waals surface area contributed by atoms with Crippen LogP contribution in [0, 0.1) is 0 Å². The summed E-state index contributed by atoms with van der Waals surface area (Å²) >= 11 is 0. The van der Waals surface area contributed by atoms with Gasteiger partial charge in [-0.25, -0.2) is 9.98 Å². The van der Waals surface area contributed by atoms with E-state index in [1.165, 1.54) is 12.8 Å². The first-order valence-electron chi connectivity index (χ1n) is 9.89. The minimum absolute atomic E-state index is 0.0303. The molecule has 0 aliphatic heterocycles. The molecule has 0 aliphatic carbocycles. The third-order valence-corrected chi connectivity index (χ3v) is 4.56. The van der Waals surface area contributed by atoms with Gasteiger partial charge in [0.15, 0.2) is 5.96 Å². The monoisotopic (exact) mass is 390 g/mol. The highest BCUT2D eigenvalue weighted by molar-refractivity contribution is 5.97. The Balaban J connectivity index is 1.98. The summed E-state index contributed by atoms with van der Waals surface area (Å²) in [5, 5.41) is 3.23. The molecule has 3 N–H and O–H groups in total. The molecule has 6 heteroatoms. The fourth-order valence-corrected chi connectivity index (χ4v) is 3.12. The second-order valence-electron chi connectivity index (χ2n) is 6.71. The Labute approximate surface area is 170 Å². The molecule has 0 aliphatic rings. The highest BCUT2D eigenvalue weighted by Gasteiger charge is 2.12. The van der Waals surface area contributed by atoms with Crippen molar-refractivity contribution in [1.82, 2.24) is 10.3 Å². The zero-order valence-corrected chi connectivity index (χ0v) is 16.6. The number of benzene rings is 2. The molecule has 0 spiro atoms. The van der Waals surface area contributed by atoms with Crippen LogP contribution >= 0.6 is 0 Å². The van der Waals surface area contributed by atoms with Crippen molar-refractivity contribution in [2.24, 2.45) is 10.7 Å². The maximum absolute atomic E-state index is 10.7. The van der Waals surface area contributed by atoms with Gasteiger partial charge in [0.2, 0.25) is 6.41 Å². The van der Waals surface area contributed by atoms with E-state index in [-0.39, 0.29) is 5.96 Å². The highest BCUT2D eigenvalue weighted by atomic mass is 16.5. The first-order valence-corrected chi connectivity index (χ1v) is 9.89. The predicted molar refractivity (Wildman–Crippen MR) is 117 cm³/mol. The van der Waals surface area contributed by atoms with Gasteiger partial charge in [-0.3, -0.25) is 10.1 Å². The Bertz CT molecular complexity index is 1000. The van der Waals surface area contributed by atoms with Crippen LogP contribution in [0.1, 0.15) is 32.6 Å². The van der Waals surface area contributed by atoms with Crippen molar-refractivity contribution in [2.45, 2.75) is 32.6 Å². The molecule has 1 amide bonds. The van der Waals surface area contributed by atoms with E-state index in [9.17, 15) is 4.79 Å². The number of hydrogen-bond donors (Lipinski definition) is 2. The molecule has 0 saturated carbocycles. The number of nitrogens with zero attached hydrogens (tertiary/aromatic N) is 2. The summed E-state index contributed by atoms with van der Waals surface area (Å²) in [6, 6.07) is 17.4. The quantitative estimate of drug-likeness (QED) is 0.243. The Morgan fingerprint density at radius 3 is 2.76 bits per heavy atom. The van der Waals surface area contributed by atoms with Gasteiger partial charge in [0.05, 0.1) is 23.5 Å². The number of unbranched alkanes of at least 4 members (excludes halogenated alkanes) is 3. The first-order chi connectivity index (χ1) is 14.2. The van der Waals surface area contributed by atoms with Crippen LogP contribution in [0.5, 0.6) is 5.75 Å². The Kier molecular flexibility index (Phi) is 7.16. The van der Waals surface area contributed by atoms with Gasteiger partial charge in [-0.05, 0) is 30.7 Å². The number of ether oxygens (including phenoxy) is 1. The molecule has 0 unspecified atom stereocenters. The molecule has 1 heterocycles. The standard InChI is InChI=1S/C23H26N4O2/c1-2-3-4-9-14-29-22-13-8-6-11-18(22)21-15-20(27-23(24)25-16-28)17-10-5-7-12-19(17)26-21/h5-8,10-13,15-16H,2-4,9,14H2,1H3,(H3,24,25,26,27,28). The third-order valence-electron chi connectivity index (χ3n) is 4.56. The molecule has 3 rings (SSSR count). The SMILES string of the molecule is CCCCCCOc1ccccc1-c1cc(N=C(N)NC=O)c2ccccc2n1. The summed E-state index contributed by atoms with van der Waals surface area (Å²) in [6.45, 7) is 2.87. The van der Waals surface area contributed by atoms with Gasteiger partial charge in [-0.1, -0.05) is 56.5 Å². The Morgan fingerprint density at radius 2 is 1.93 bits per heavy atom. The topological polar surface area (TPSA) is 89.6 Å². The lowest BCUT2D eigenvalue weighted by Crippen LogP contribution is -2.29. The van der Waals surface area contributed by atoms with E-state index in [0.717, 1.165) is 40.8 Å². The molecule has 0 fully saturated rings. The van der Waals surface area contributed by atoms with Crippen LogP contribution in [0.15, 0.2) is 59.6 Å². The van der Waals surface area contributed by atoms with Crippen molar-refractivity contribution in [1.29, 1.82) is 0 Å². The van der Waals surface area contributed by atoms with Gasteiger partial charge in [0.25, 0.3) is 0 Å². The van der Waals surface area contributed by atoms with Gasteiger partial charge in [0, 0.05) is 10.9 Å². The number of nitrogens with one attached hydrogen (secondary N) is 1. The molecule has 2 aromatic carbocycles. The van der Waals surface area contributed by atoms with Crippen LogP contribution in [-0.4, -0.2) is 24.0 Å². The highest BCUT2D eigenvalue weighted by Crippen LogP contribution is 2.34. The summed E-state index contributed by atoms with van der Waals surface area (Å²) in [4.78, 5) is 19.8. The van der Waals surface area contributed by atoms with E-state index >= 15 is 0 Å². The van der Waals surface area contributed by atoms with Crippen LogP contribution < -0.4 is 15.8 Å². The summed E-state index contributed by atoms with van der Waals surface area (Å²) in [7, 11) is 0. The number of carbonyl (C=O) groups excluding carboxylic acids is 1. The predicted octanol–water partition coefficient (Wildman–Crippen LogP) is 4.55. The molecule has 29 heavy (non-hydrogen) atoms. The molecule has 3 aromatic rings. The second-order valence-corrected chi connectivity index (χ2v) is 6.71. The lowest BCUT2D eigenvalue weighted by Gasteiger charge is -2.13. The van der Waals surface area contributed by atoms with E-state index < -0.39 is 0 Å². The fraction of sp³-hybridized carbons (Fsp3) is 0.261. The van der Waals surface area contributed by atoms with Crippen LogP contribution in [0.3, 0.4) is 0 Å². The van der Waals surface area contributed by atoms with Crippen molar-refractivity contribution in [2.75, 3.05) is 6.61 Å². The number of nitrogens with two attached hydrogens (primary N) is 1. The number of para-hydroxylation sites is 2. The van der Waals surface area contributed by atoms with Crippen molar-refractivity contribution >= 4 is 29.0 Å². The zero-order chi connectivity index (χ0) is 20.5. The summed E-state index contributed by atoms with van der Waals surface area (Å²) in [5.41, 5.74) is 8.86. The smallest absolute Gasteiger partial charge is 0.213 e. The van der Waals surface area contributed by atoms with Crippen LogP contribution in [0.4, 0.5) is 5.69 Å². The molecule has 0 bridgehead atoms. The minimum Gasteiger partial charge on any atom is -0.493 e. The molecular weight excluding hydrogens is 364 g/mol. The van der Waals surface area contributed by atoms with Gasteiger partial charge >= 0.3 is 0 Å². The summed E-state index contributed by atoms with van der Waals surface area (Å²) < 4.78 is 6.05. The number of fused-ring (bicyclic) bond motifs is 1. The van der Waals surface area contributed by atoms with Crippen molar-refractivity contribution in [3.8, 4) is 17.0 Å². The number of carbonyl (C=O) groups is 1. The number of hydrogen-bond acceptors (Lipinski definition) is 4. The van der Waals surface area contributed by atoms with Crippen LogP contribution in [0.2, 0.25) is 0 Å². The minimum atomic E-state index is 0.0303. The molecule has 0 radical (unpaired) electrons. The molecule has 150 valence electrons. The van der Waals surface area contributed by atoms with E-state index in [4.69, 9.17) is 15.5 Å². The summed E-state index contributed by atoms with van der Waals surface area (Å²) in [5.74, 6) is 0.823. The number of aromatic nitrogens is 1. The van der Waals surface area contributed by atoms with Crippen LogP contribution in [-0.2, 0) is 4.79 Å².